The summed E-state index contributed by atoms with van der Waals surface area (Å²) in [6.07, 6.45) is 0. The first-order valence-electron chi connectivity index (χ1n) is 5.17. The van der Waals surface area contributed by atoms with E-state index in [-0.39, 0.29) is 11.4 Å². The number of aryl methyl sites for hydroxylation is 2. The molecule has 2 N–H and O–H groups in total. The van der Waals surface area contributed by atoms with Crippen LogP contribution in [0, 0.1) is 6.92 Å². The molecule has 0 aliphatic carbocycles. The van der Waals surface area contributed by atoms with E-state index in [4.69, 9.17) is 5.11 Å². The smallest absolute Gasteiger partial charge is 0.356 e. The van der Waals surface area contributed by atoms with Gasteiger partial charge < -0.3 is 10.2 Å². The summed E-state index contributed by atoms with van der Waals surface area (Å²) in [5, 5.41) is 22.8. The summed E-state index contributed by atoms with van der Waals surface area (Å²) in [4.78, 5) is 10.9. The molecule has 1 heterocycles. The molecule has 0 fully saturated rings. The highest BCUT2D eigenvalue weighted by Crippen LogP contribution is 2.37. The van der Waals surface area contributed by atoms with Crippen molar-refractivity contribution in [3.05, 3.63) is 33.9 Å². The lowest BCUT2D eigenvalue weighted by atomic mass is 10.1. The first-order chi connectivity index (χ1) is 8.41. The summed E-state index contributed by atoms with van der Waals surface area (Å²) in [5.74, 6) is -1.02. The van der Waals surface area contributed by atoms with Crippen LogP contribution in [-0.4, -0.2) is 26.0 Å². The van der Waals surface area contributed by atoms with Gasteiger partial charge in [-0.2, -0.15) is 5.10 Å². The van der Waals surface area contributed by atoms with Gasteiger partial charge in [0, 0.05) is 12.6 Å². The zero-order valence-electron chi connectivity index (χ0n) is 9.81. The van der Waals surface area contributed by atoms with Gasteiger partial charge >= 0.3 is 5.97 Å². The number of carboxylic acids is 1. The van der Waals surface area contributed by atoms with Gasteiger partial charge in [0.15, 0.2) is 5.69 Å². The van der Waals surface area contributed by atoms with Crippen molar-refractivity contribution in [2.45, 2.75) is 6.92 Å². The molecule has 6 heteroatoms. The SMILES string of the molecule is Cc1ccc(-c2cc(C(=O)O)nn2C)c(O)c1Br. The van der Waals surface area contributed by atoms with Crippen LogP contribution in [0.2, 0.25) is 0 Å². The summed E-state index contributed by atoms with van der Waals surface area (Å²) < 4.78 is 2.03. The number of nitrogens with zero attached hydrogens (tertiary/aromatic N) is 2. The van der Waals surface area contributed by atoms with Gasteiger partial charge in [0.05, 0.1) is 10.2 Å². The number of carbonyl (C=O) groups is 1. The van der Waals surface area contributed by atoms with Crippen LogP contribution in [0.5, 0.6) is 5.75 Å². The van der Waals surface area contributed by atoms with Crippen molar-refractivity contribution in [3.8, 4) is 17.0 Å². The fraction of sp³-hybridized carbons (Fsp3) is 0.167. The molecule has 2 rings (SSSR count). The van der Waals surface area contributed by atoms with Crippen LogP contribution in [0.1, 0.15) is 16.1 Å². The molecule has 94 valence electrons. The van der Waals surface area contributed by atoms with Gasteiger partial charge in [0.1, 0.15) is 5.75 Å². The van der Waals surface area contributed by atoms with E-state index in [2.05, 4.69) is 21.0 Å². The van der Waals surface area contributed by atoms with E-state index >= 15 is 0 Å². The summed E-state index contributed by atoms with van der Waals surface area (Å²) in [6.45, 7) is 1.86. The first-order valence-corrected chi connectivity index (χ1v) is 5.97. The Balaban J connectivity index is 2.62. The Bertz CT molecular complexity index is 634. The van der Waals surface area contributed by atoms with Crippen LogP contribution >= 0.6 is 15.9 Å². The maximum absolute atomic E-state index is 10.9. The highest BCUT2D eigenvalue weighted by Gasteiger charge is 2.17. The molecule has 0 spiro atoms. The van der Waals surface area contributed by atoms with Gasteiger partial charge in [-0.1, -0.05) is 6.07 Å². The van der Waals surface area contributed by atoms with Gasteiger partial charge in [0.2, 0.25) is 0 Å². The Labute approximate surface area is 112 Å². The molecule has 1 aromatic heterocycles. The van der Waals surface area contributed by atoms with Crippen molar-refractivity contribution >= 4 is 21.9 Å². The topological polar surface area (TPSA) is 75.3 Å². The van der Waals surface area contributed by atoms with Crippen molar-refractivity contribution in [3.63, 3.8) is 0 Å². The van der Waals surface area contributed by atoms with Gasteiger partial charge in [-0.15, -0.1) is 0 Å². The van der Waals surface area contributed by atoms with Crippen molar-refractivity contribution in [2.75, 3.05) is 0 Å². The Morgan fingerprint density at radius 3 is 2.67 bits per heavy atom. The second kappa shape index (κ2) is 4.45. The summed E-state index contributed by atoms with van der Waals surface area (Å²) in [7, 11) is 1.63. The van der Waals surface area contributed by atoms with Gasteiger partial charge in [-0.3, -0.25) is 4.68 Å². The van der Waals surface area contributed by atoms with Crippen molar-refractivity contribution in [1.29, 1.82) is 0 Å². The van der Waals surface area contributed by atoms with Crippen LogP contribution in [0.3, 0.4) is 0 Å². The minimum absolute atomic E-state index is 0.0522. The molecule has 0 atom stereocenters. The number of hydrogen-bond donors (Lipinski definition) is 2. The lowest BCUT2D eigenvalue weighted by Gasteiger charge is -2.08. The van der Waals surface area contributed by atoms with E-state index < -0.39 is 5.97 Å². The molecule has 0 saturated carbocycles. The van der Waals surface area contributed by atoms with Crippen LogP contribution in [0.15, 0.2) is 22.7 Å². The summed E-state index contributed by atoms with van der Waals surface area (Å²) in [5.41, 5.74) is 1.93. The monoisotopic (exact) mass is 310 g/mol. The average molecular weight is 311 g/mol. The highest BCUT2D eigenvalue weighted by molar-refractivity contribution is 9.10. The predicted molar refractivity (Wildman–Crippen MR) is 69.7 cm³/mol. The fourth-order valence-corrected chi connectivity index (χ4v) is 2.04. The molecule has 0 saturated heterocycles. The Kier molecular flexibility index (Phi) is 3.13. The Hall–Kier alpha value is -1.82. The lowest BCUT2D eigenvalue weighted by Crippen LogP contribution is -1.99. The van der Waals surface area contributed by atoms with Crippen LogP contribution < -0.4 is 0 Å². The molecule has 1 aromatic carbocycles. The molecule has 0 aliphatic rings. The third kappa shape index (κ3) is 1.99. The molecule has 0 amide bonds. The zero-order valence-corrected chi connectivity index (χ0v) is 11.4. The number of halogens is 1. The average Bonchev–Trinajstić information content (AvgIpc) is 2.69. The lowest BCUT2D eigenvalue weighted by molar-refractivity contribution is 0.0689. The third-order valence-corrected chi connectivity index (χ3v) is 3.69. The molecule has 2 aromatic rings. The molecular weight excluding hydrogens is 300 g/mol. The minimum Gasteiger partial charge on any atom is -0.506 e. The van der Waals surface area contributed by atoms with Gasteiger partial charge in [-0.25, -0.2) is 4.79 Å². The normalized spacial score (nSPS) is 10.6. The fourth-order valence-electron chi connectivity index (χ4n) is 1.70. The summed E-state index contributed by atoms with van der Waals surface area (Å²) in [6, 6.07) is 5.00. The van der Waals surface area contributed by atoms with Crippen LogP contribution in [0.4, 0.5) is 0 Å². The number of rotatable bonds is 2. The predicted octanol–water partition coefficient (Wildman–Crippen LogP) is 2.56. The quantitative estimate of drug-likeness (QED) is 0.894. The number of phenolic OH excluding ortho intramolecular Hbond substituents is 1. The van der Waals surface area contributed by atoms with E-state index in [1.54, 1.807) is 13.1 Å². The molecule has 18 heavy (non-hydrogen) atoms. The minimum atomic E-state index is -1.09. The number of benzene rings is 1. The van der Waals surface area contributed by atoms with E-state index in [9.17, 15) is 9.90 Å². The second-order valence-electron chi connectivity index (χ2n) is 3.94. The third-order valence-electron chi connectivity index (χ3n) is 2.68. The molecule has 0 unspecified atom stereocenters. The second-order valence-corrected chi connectivity index (χ2v) is 4.73. The molecule has 0 radical (unpaired) electrons. The van der Waals surface area contributed by atoms with Crippen molar-refractivity contribution in [1.82, 2.24) is 9.78 Å². The Morgan fingerprint density at radius 2 is 2.11 bits per heavy atom. The maximum atomic E-state index is 10.9. The highest BCUT2D eigenvalue weighted by atomic mass is 79.9. The van der Waals surface area contributed by atoms with Crippen molar-refractivity contribution < 1.29 is 15.0 Å². The molecule has 0 bridgehead atoms. The zero-order chi connectivity index (χ0) is 13.4. The Morgan fingerprint density at radius 1 is 1.44 bits per heavy atom. The molecule has 5 nitrogen and oxygen atoms in total. The van der Waals surface area contributed by atoms with Crippen LogP contribution in [-0.2, 0) is 7.05 Å². The van der Waals surface area contributed by atoms with Gasteiger partial charge in [-0.05, 0) is 40.5 Å². The largest absolute Gasteiger partial charge is 0.506 e. The van der Waals surface area contributed by atoms with Crippen molar-refractivity contribution in [2.24, 2.45) is 7.05 Å². The molecular formula is C12H11BrN2O3. The van der Waals surface area contributed by atoms with Gasteiger partial charge in [0.25, 0.3) is 0 Å². The van der Waals surface area contributed by atoms with E-state index in [1.807, 2.05) is 13.0 Å². The molecule has 0 aliphatic heterocycles. The first kappa shape index (κ1) is 12.6. The summed E-state index contributed by atoms with van der Waals surface area (Å²) >= 11 is 3.29. The van der Waals surface area contributed by atoms with E-state index in [0.717, 1.165) is 5.56 Å². The number of aromatic nitrogens is 2. The van der Waals surface area contributed by atoms with Crippen LogP contribution in [0.25, 0.3) is 11.3 Å². The van der Waals surface area contributed by atoms with E-state index in [1.165, 1.54) is 10.7 Å². The number of carboxylic acid groups (broad SMARTS) is 1. The van der Waals surface area contributed by atoms with E-state index in [0.29, 0.717) is 15.7 Å². The number of phenols is 1. The number of aromatic hydroxyl groups is 1. The number of hydrogen-bond acceptors (Lipinski definition) is 3. The standard InChI is InChI=1S/C12H11BrN2O3/c1-6-3-4-7(11(16)10(6)13)9-5-8(12(17)18)14-15(9)2/h3-5,16H,1-2H3,(H,17,18). The maximum Gasteiger partial charge on any atom is 0.356 e. The number of aromatic carboxylic acids is 1.